The van der Waals surface area contributed by atoms with Crippen molar-refractivity contribution >= 4 is 10.0 Å². The molecule has 0 bridgehead atoms. The van der Waals surface area contributed by atoms with Gasteiger partial charge in [0, 0.05) is 32.7 Å². The van der Waals surface area contributed by atoms with Crippen LogP contribution in [0, 0.1) is 5.82 Å². The molecular formula is C14H21FN2O2S. The van der Waals surface area contributed by atoms with E-state index in [1.807, 2.05) is 6.92 Å². The van der Waals surface area contributed by atoms with Crippen molar-refractivity contribution in [3.8, 4) is 0 Å². The van der Waals surface area contributed by atoms with Crippen molar-refractivity contribution in [2.45, 2.75) is 19.9 Å². The van der Waals surface area contributed by atoms with Crippen molar-refractivity contribution in [2.24, 2.45) is 0 Å². The zero-order valence-corrected chi connectivity index (χ0v) is 12.6. The van der Waals surface area contributed by atoms with Crippen molar-refractivity contribution in [2.75, 3.05) is 31.9 Å². The first-order chi connectivity index (χ1) is 9.51. The largest absolute Gasteiger partial charge is 0.296 e. The Bertz CT molecular complexity index is 523. The molecular weight excluding hydrogens is 279 g/mol. The second-order valence-electron chi connectivity index (χ2n) is 5.12. The van der Waals surface area contributed by atoms with Crippen molar-refractivity contribution in [3.05, 3.63) is 35.6 Å². The highest BCUT2D eigenvalue weighted by Crippen LogP contribution is 2.12. The van der Waals surface area contributed by atoms with Crippen LogP contribution in [0.3, 0.4) is 0 Å². The van der Waals surface area contributed by atoms with Gasteiger partial charge in [0.1, 0.15) is 5.82 Å². The van der Waals surface area contributed by atoms with Gasteiger partial charge in [0.05, 0.1) is 5.75 Å². The fourth-order valence-corrected chi connectivity index (χ4v) is 3.89. The Hall–Kier alpha value is -0.980. The number of halogens is 1. The van der Waals surface area contributed by atoms with Gasteiger partial charge in [-0.2, -0.15) is 4.31 Å². The number of sulfonamides is 1. The van der Waals surface area contributed by atoms with Crippen LogP contribution in [-0.4, -0.2) is 49.6 Å². The van der Waals surface area contributed by atoms with Gasteiger partial charge in [0.2, 0.25) is 10.0 Å². The van der Waals surface area contributed by atoms with Gasteiger partial charge in [-0.3, -0.25) is 4.90 Å². The monoisotopic (exact) mass is 300 g/mol. The van der Waals surface area contributed by atoms with Crippen LogP contribution in [0.5, 0.6) is 0 Å². The van der Waals surface area contributed by atoms with E-state index < -0.39 is 10.0 Å². The van der Waals surface area contributed by atoms with Gasteiger partial charge < -0.3 is 0 Å². The second kappa shape index (κ2) is 6.65. The number of rotatable bonds is 5. The number of hydrogen-bond donors (Lipinski definition) is 0. The summed E-state index contributed by atoms with van der Waals surface area (Å²) in [6, 6.07) is 6.46. The predicted molar refractivity (Wildman–Crippen MR) is 77.3 cm³/mol. The SMILES string of the molecule is CCCS(=O)(=O)N1CCN(Cc2ccc(F)cc2)CC1. The van der Waals surface area contributed by atoms with Gasteiger partial charge >= 0.3 is 0 Å². The van der Waals surface area contributed by atoms with Crippen molar-refractivity contribution < 1.29 is 12.8 Å². The van der Waals surface area contributed by atoms with Crippen LogP contribution in [0.15, 0.2) is 24.3 Å². The van der Waals surface area contributed by atoms with E-state index in [1.165, 1.54) is 12.1 Å². The minimum Gasteiger partial charge on any atom is -0.296 e. The maximum atomic E-state index is 12.8. The molecule has 1 saturated heterocycles. The topological polar surface area (TPSA) is 40.6 Å². The Labute approximate surface area is 120 Å². The van der Waals surface area contributed by atoms with Gasteiger partial charge in [0.15, 0.2) is 0 Å². The second-order valence-corrected chi connectivity index (χ2v) is 7.21. The molecule has 0 saturated carbocycles. The third-order valence-corrected chi connectivity index (χ3v) is 5.58. The Morgan fingerprint density at radius 3 is 2.25 bits per heavy atom. The quantitative estimate of drug-likeness (QED) is 0.831. The summed E-state index contributed by atoms with van der Waals surface area (Å²) in [7, 11) is -3.08. The summed E-state index contributed by atoms with van der Waals surface area (Å²) < 4.78 is 38.3. The zero-order chi connectivity index (χ0) is 14.6. The van der Waals surface area contributed by atoms with Gasteiger partial charge in [-0.25, -0.2) is 12.8 Å². The Morgan fingerprint density at radius 1 is 1.10 bits per heavy atom. The molecule has 1 fully saturated rings. The summed E-state index contributed by atoms with van der Waals surface area (Å²) in [5, 5.41) is 0. The minimum atomic E-state index is -3.08. The maximum absolute atomic E-state index is 12.8. The fourth-order valence-electron chi connectivity index (χ4n) is 2.40. The molecule has 0 aromatic heterocycles. The molecule has 0 aliphatic carbocycles. The highest BCUT2D eigenvalue weighted by molar-refractivity contribution is 7.89. The molecule has 112 valence electrons. The summed E-state index contributed by atoms with van der Waals surface area (Å²) in [5.74, 6) is -0.00505. The molecule has 0 amide bonds. The van der Waals surface area contributed by atoms with E-state index in [4.69, 9.17) is 0 Å². The molecule has 1 aliphatic heterocycles. The lowest BCUT2D eigenvalue weighted by molar-refractivity contribution is 0.181. The molecule has 1 heterocycles. The van der Waals surface area contributed by atoms with E-state index in [2.05, 4.69) is 4.90 Å². The molecule has 0 spiro atoms. The summed E-state index contributed by atoms with van der Waals surface area (Å²) in [5.41, 5.74) is 1.05. The highest BCUT2D eigenvalue weighted by Gasteiger charge is 2.25. The smallest absolute Gasteiger partial charge is 0.214 e. The van der Waals surface area contributed by atoms with Crippen LogP contribution in [0.2, 0.25) is 0 Å². The molecule has 0 atom stereocenters. The van der Waals surface area contributed by atoms with Gasteiger partial charge in [-0.15, -0.1) is 0 Å². The van der Waals surface area contributed by atoms with E-state index in [1.54, 1.807) is 16.4 Å². The summed E-state index contributed by atoms with van der Waals surface area (Å²) >= 11 is 0. The van der Waals surface area contributed by atoms with Crippen LogP contribution in [0.4, 0.5) is 4.39 Å². The number of benzene rings is 1. The van der Waals surface area contributed by atoms with Crippen molar-refractivity contribution in [1.29, 1.82) is 0 Å². The maximum Gasteiger partial charge on any atom is 0.214 e. The van der Waals surface area contributed by atoms with Crippen LogP contribution in [0.25, 0.3) is 0 Å². The lowest BCUT2D eigenvalue weighted by Crippen LogP contribution is -2.48. The summed E-state index contributed by atoms with van der Waals surface area (Å²) in [4.78, 5) is 2.20. The fraction of sp³-hybridized carbons (Fsp3) is 0.571. The van der Waals surface area contributed by atoms with Gasteiger partial charge in [-0.05, 0) is 24.1 Å². The molecule has 6 heteroatoms. The van der Waals surface area contributed by atoms with Crippen molar-refractivity contribution in [1.82, 2.24) is 9.21 Å². The van der Waals surface area contributed by atoms with E-state index in [9.17, 15) is 12.8 Å². The molecule has 1 aromatic carbocycles. The van der Waals surface area contributed by atoms with Crippen LogP contribution >= 0.6 is 0 Å². The summed E-state index contributed by atoms with van der Waals surface area (Å²) in [6.45, 7) is 5.15. The third kappa shape index (κ3) is 4.01. The molecule has 0 N–H and O–H groups in total. The average Bonchev–Trinajstić information content (AvgIpc) is 2.42. The number of nitrogens with zero attached hydrogens (tertiary/aromatic N) is 2. The van der Waals surface area contributed by atoms with Gasteiger partial charge in [-0.1, -0.05) is 19.1 Å². The summed E-state index contributed by atoms with van der Waals surface area (Å²) in [6.07, 6.45) is 0.651. The van der Waals surface area contributed by atoms with E-state index in [0.29, 0.717) is 19.5 Å². The first kappa shape index (κ1) is 15.4. The van der Waals surface area contributed by atoms with Crippen LogP contribution in [0.1, 0.15) is 18.9 Å². The molecule has 0 radical (unpaired) electrons. The van der Waals surface area contributed by atoms with E-state index in [-0.39, 0.29) is 11.6 Å². The Balaban J connectivity index is 1.87. The average molecular weight is 300 g/mol. The van der Waals surface area contributed by atoms with E-state index in [0.717, 1.165) is 25.2 Å². The Morgan fingerprint density at radius 2 is 1.70 bits per heavy atom. The van der Waals surface area contributed by atoms with Crippen molar-refractivity contribution in [3.63, 3.8) is 0 Å². The molecule has 2 rings (SSSR count). The first-order valence-electron chi connectivity index (χ1n) is 6.96. The lowest BCUT2D eigenvalue weighted by Gasteiger charge is -2.34. The number of piperazine rings is 1. The number of hydrogen-bond acceptors (Lipinski definition) is 3. The Kier molecular flexibility index (Phi) is 5.12. The predicted octanol–water partition coefficient (Wildman–Crippen LogP) is 1.68. The normalized spacial score (nSPS) is 18.3. The standard InChI is InChI=1S/C14H21FN2O2S/c1-2-11-20(18,19)17-9-7-16(8-10-17)12-13-3-5-14(15)6-4-13/h3-6H,2,7-12H2,1H3. The zero-order valence-electron chi connectivity index (χ0n) is 11.8. The van der Waals surface area contributed by atoms with Crippen LogP contribution < -0.4 is 0 Å². The minimum absolute atomic E-state index is 0.227. The first-order valence-corrected chi connectivity index (χ1v) is 8.57. The van der Waals surface area contributed by atoms with Crippen LogP contribution in [-0.2, 0) is 16.6 Å². The molecule has 1 aromatic rings. The van der Waals surface area contributed by atoms with Gasteiger partial charge in [0.25, 0.3) is 0 Å². The molecule has 20 heavy (non-hydrogen) atoms. The third-order valence-electron chi connectivity index (χ3n) is 3.51. The lowest BCUT2D eigenvalue weighted by atomic mass is 10.2. The highest BCUT2D eigenvalue weighted by atomic mass is 32.2. The molecule has 1 aliphatic rings. The van der Waals surface area contributed by atoms with E-state index >= 15 is 0 Å². The molecule has 0 unspecified atom stereocenters. The molecule has 4 nitrogen and oxygen atoms in total.